The van der Waals surface area contributed by atoms with Gasteiger partial charge in [-0.1, -0.05) is 34.6 Å². The molecule has 4 saturated carbocycles. The molecule has 0 saturated heterocycles. The summed E-state index contributed by atoms with van der Waals surface area (Å²) < 4.78 is 0. The Balaban J connectivity index is 1.64. The van der Waals surface area contributed by atoms with Crippen LogP contribution in [0.2, 0.25) is 0 Å². The quantitative estimate of drug-likeness (QED) is 0.535. The summed E-state index contributed by atoms with van der Waals surface area (Å²) in [5.41, 5.74) is -0.205. The van der Waals surface area contributed by atoms with Crippen LogP contribution in [0.5, 0.6) is 0 Å². The second-order valence-corrected chi connectivity index (χ2v) is 12.4. The largest absolute Gasteiger partial charge is 0.481 e. The molecule has 4 rings (SSSR count). The molecule has 178 valence electrons. The van der Waals surface area contributed by atoms with Gasteiger partial charge in [0.1, 0.15) is 0 Å². The van der Waals surface area contributed by atoms with Crippen LogP contribution < -0.4 is 0 Å². The van der Waals surface area contributed by atoms with Gasteiger partial charge in [-0.25, -0.2) is 0 Å². The fraction of sp³-hybridized carbons (Fsp3) is 0.962. The lowest BCUT2D eigenvalue weighted by molar-refractivity contribution is -0.225. The number of carboxylic acid groups (broad SMARTS) is 1. The molecule has 0 amide bonds. The minimum Gasteiger partial charge on any atom is -0.481 e. The van der Waals surface area contributed by atoms with Gasteiger partial charge in [0, 0.05) is 0 Å². The van der Waals surface area contributed by atoms with E-state index >= 15 is 0 Å². The first-order valence-corrected chi connectivity index (χ1v) is 12.7. The molecule has 0 spiro atoms. The van der Waals surface area contributed by atoms with E-state index in [1.807, 2.05) is 0 Å². The van der Waals surface area contributed by atoms with Crippen molar-refractivity contribution in [3.05, 3.63) is 0 Å². The molecule has 0 aromatic carbocycles. The molecule has 0 radical (unpaired) electrons. The monoisotopic (exact) mass is 436 g/mol. The fourth-order valence-electron chi connectivity index (χ4n) is 9.40. The number of hydrogen-bond donors (Lipinski definition) is 4. The molecule has 4 aliphatic rings. The number of aliphatic hydroxyl groups is 3. The van der Waals surface area contributed by atoms with Crippen LogP contribution in [0.25, 0.3) is 0 Å². The van der Waals surface area contributed by atoms with E-state index in [2.05, 4.69) is 27.7 Å². The van der Waals surface area contributed by atoms with Crippen molar-refractivity contribution in [2.75, 3.05) is 0 Å². The summed E-state index contributed by atoms with van der Waals surface area (Å²) in [5.74, 6) is 0.614. The van der Waals surface area contributed by atoms with Crippen LogP contribution in [0, 0.1) is 58.2 Å². The number of aliphatic carboxylic acids is 1. The molecule has 4 aliphatic carbocycles. The molecule has 0 aromatic rings. The molecule has 31 heavy (non-hydrogen) atoms. The maximum Gasteiger partial charge on any atom is 0.306 e. The molecular weight excluding hydrogens is 392 g/mol. The maximum atomic E-state index is 11.6. The van der Waals surface area contributed by atoms with Crippen LogP contribution in [0.4, 0.5) is 0 Å². The molecule has 5 heteroatoms. The van der Waals surface area contributed by atoms with Crippen molar-refractivity contribution in [3.8, 4) is 0 Å². The van der Waals surface area contributed by atoms with Crippen LogP contribution in [-0.2, 0) is 4.79 Å². The van der Waals surface area contributed by atoms with Gasteiger partial charge in [-0.15, -0.1) is 0 Å². The van der Waals surface area contributed by atoms with Crippen molar-refractivity contribution in [2.24, 2.45) is 58.2 Å². The SMILES string of the molecule is C[C@H]1[C@@H](O)[C@@H]2[C@H](C[C@H](O)[C@]3(C)[C@@H]([C@H](C)C[C@@H](C)C(=O)O)CC[C@@H]23)[C@@]2(C)CC[C@@H](O)C[C@@H]12. The zero-order chi connectivity index (χ0) is 22.9. The molecule has 13 atom stereocenters. The van der Waals surface area contributed by atoms with Gasteiger partial charge in [-0.05, 0) is 97.2 Å². The summed E-state index contributed by atoms with van der Waals surface area (Å²) >= 11 is 0. The average Bonchev–Trinajstić information content (AvgIpc) is 3.06. The van der Waals surface area contributed by atoms with Crippen molar-refractivity contribution < 1.29 is 25.2 Å². The molecule has 0 aliphatic heterocycles. The van der Waals surface area contributed by atoms with Gasteiger partial charge in [0.05, 0.1) is 24.2 Å². The first-order valence-electron chi connectivity index (χ1n) is 12.7. The van der Waals surface area contributed by atoms with Crippen LogP contribution in [0.3, 0.4) is 0 Å². The van der Waals surface area contributed by atoms with Gasteiger partial charge in [-0.3, -0.25) is 4.79 Å². The Morgan fingerprint density at radius 3 is 2.32 bits per heavy atom. The van der Waals surface area contributed by atoms with E-state index in [1.54, 1.807) is 6.92 Å². The second-order valence-electron chi connectivity index (χ2n) is 12.4. The molecular formula is C26H44O5. The highest BCUT2D eigenvalue weighted by Crippen LogP contribution is 2.69. The Bertz CT molecular complexity index is 695. The summed E-state index contributed by atoms with van der Waals surface area (Å²) in [6.07, 6.45) is 4.87. The van der Waals surface area contributed by atoms with Crippen LogP contribution >= 0.6 is 0 Å². The van der Waals surface area contributed by atoms with E-state index in [4.69, 9.17) is 0 Å². The van der Waals surface area contributed by atoms with E-state index in [1.165, 1.54) is 0 Å². The normalized spacial score (nSPS) is 53.7. The summed E-state index contributed by atoms with van der Waals surface area (Å²) in [7, 11) is 0. The Kier molecular flexibility index (Phi) is 6.06. The van der Waals surface area contributed by atoms with Gasteiger partial charge in [-0.2, -0.15) is 0 Å². The lowest BCUT2D eigenvalue weighted by Crippen LogP contribution is -2.64. The van der Waals surface area contributed by atoms with Crippen molar-refractivity contribution in [1.29, 1.82) is 0 Å². The third kappa shape index (κ3) is 3.40. The topological polar surface area (TPSA) is 98.0 Å². The highest BCUT2D eigenvalue weighted by molar-refractivity contribution is 5.69. The molecule has 0 unspecified atom stereocenters. The molecule has 0 heterocycles. The Labute approximate surface area is 187 Å². The Hall–Kier alpha value is -0.650. The highest BCUT2D eigenvalue weighted by atomic mass is 16.4. The van der Waals surface area contributed by atoms with Gasteiger partial charge < -0.3 is 20.4 Å². The van der Waals surface area contributed by atoms with Gasteiger partial charge in [0.25, 0.3) is 0 Å². The number of hydrogen-bond acceptors (Lipinski definition) is 4. The smallest absolute Gasteiger partial charge is 0.306 e. The van der Waals surface area contributed by atoms with Gasteiger partial charge in [0.15, 0.2) is 0 Å². The van der Waals surface area contributed by atoms with E-state index < -0.39 is 18.2 Å². The van der Waals surface area contributed by atoms with Crippen molar-refractivity contribution >= 4 is 5.97 Å². The number of fused-ring (bicyclic) bond motifs is 5. The molecule has 4 fully saturated rings. The average molecular weight is 437 g/mol. The minimum atomic E-state index is -0.745. The number of aliphatic hydroxyl groups excluding tert-OH is 3. The summed E-state index contributed by atoms with van der Waals surface area (Å²) in [6, 6.07) is 0. The van der Waals surface area contributed by atoms with Crippen molar-refractivity contribution in [3.63, 3.8) is 0 Å². The van der Waals surface area contributed by atoms with Crippen molar-refractivity contribution in [1.82, 2.24) is 0 Å². The van der Waals surface area contributed by atoms with Gasteiger partial charge >= 0.3 is 5.97 Å². The van der Waals surface area contributed by atoms with Crippen LogP contribution in [-0.4, -0.2) is 44.7 Å². The zero-order valence-electron chi connectivity index (χ0n) is 20.0. The Morgan fingerprint density at radius 2 is 1.68 bits per heavy atom. The zero-order valence-corrected chi connectivity index (χ0v) is 20.0. The lowest BCUT2D eigenvalue weighted by Gasteiger charge is -2.65. The van der Waals surface area contributed by atoms with Crippen molar-refractivity contribution in [2.45, 2.75) is 97.9 Å². The lowest BCUT2D eigenvalue weighted by atomic mass is 9.41. The van der Waals surface area contributed by atoms with E-state index in [9.17, 15) is 25.2 Å². The van der Waals surface area contributed by atoms with E-state index in [0.29, 0.717) is 12.3 Å². The summed E-state index contributed by atoms with van der Waals surface area (Å²) in [5, 5.41) is 42.9. The predicted octanol–water partition coefficient (Wildman–Crippen LogP) is 3.94. The molecule has 5 nitrogen and oxygen atoms in total. The van der Waals surface area contributed by atoms with Crippen LogP contribution in [0.1, 0.15) is 79.6 Å². The maximum absolute atomic E-state index is 11.6. The number of carbonyl (C=O) groups is 1. The minimum absolute atomic E-state index is 0.0619. The number of rotatable bonds is 4. The summed E-state index contributed by atoms with van der Waals surface area (Å²) in [4.78, 5) is 11.4. The van der Waals surface area contributed by atoms with E-state index in [0.717, 1.165) is 38.5 Å². The fourth-order valence-corrected chi connectivity index (χ4v) is 9.40. The number of carboxylic acids is 1. The first-order chi connectivity index (χ1) is 14.4. The Morgan fingerprint density at radius 1 is 1.00 bits per heavy atom. The van der Waals surface area contributed by atoms with Crippen LogP contribution in [0.15, 0.2) is 0 Å². The standard InChI is InChI=1S/C26H44O5/c1-13(10-14(2)24(30)31)17-6-7-18-22-20(12-21(28)26(17,18)5)25(4)9-8-16(27)11-19(25)15(3)23(22)29/h13-23,27-29H,6-12H2,1-5H3,(H,30,31)/t13-,14-,15-,16-,17-,18+,19+,20+,21+,22+,23-,25+,26-/m1/s1. The highest BCUT2D eigenvalue weighted by Gasteiger charge is 2.67. The predicted molar refractivity (Wildman–Crippen MR) is 119 cm³/mol. The molecule has 0 bridgehead atoms. The third-order valence-corrected chi connectivity index (χ3v) is 11.1. The molecule has 4 N–H and O–H groups in total. The molecule has 0 aromatic heterocycles. The summed E-state index contributed by atoms with van der Waals surface area (Å²) in [6.45, 7) is 10.7. The third-order valence-electron chi connectivity index (χ3n) is 11.1. The van der Waals surface area contributed by atoms with E-state index in [-0.39, 0.29) is 58.4 Å². The van der Waals surface area contributed by atoms with Gasteiger partial charge in [0.2, 0.25) is 0 Å². The second kappa shape index (κ2) is 7.99. The first kappa shape index (κ1) is 23.5.